The summed E-state index contributed by atoms with van der Waals surface area (Å²) in [5.41, 5.74) is 0. The summed E-state index contributed by atoms with van der Waals surface area (Å²) < 4.78 is 0. The van der Waals surface area contributed by atoms with Crippen LogP contribution >= 0.6 is 0 Å². The van der Waals surface area contributed by atoms with Gasteiger partial charge in [0.1, 0.15) is 0 Å². The van der Waals surface area contributed by atoms with Crippen molar-refractivity contribution < 1.29 is 181 Å². The Labute approximate surface area is 201 Å². The van der Waals surface area contributed by atoms with E-state index in [4.69, 9.17) is 26.1 Å². The van der Waals surface area contributed by atoms with Crippen LogP contribution in [-0.4, -0.2) is 28.6 Å². The van der Waals surface area contributed by atoms with Crippen molar-refractivity contribution in [1.29, 1.82) is 0 Å². The van der Waals surface area contributed by atoms with Gasteiger partial charge in [0.2, 0.25) is 0 Å². The van der Waals surface area contributed by atoms with Gasteiger partial charge >= 0.3 is 109 Å². The van der Waals surface area contributed by atoms with Crippen LogP contribution in [0.5, 0.6) is 0 Å². The Morgan fingerprint density at radius 2 is 1.28 bits per heavy atom. The predicted octanol–water partition coefficient (Wildman–Crippen LogP) is -14.8. The maximum atomic E-state index is 9.99. The van der Waals surface area contributed by atoms with Gasteiger partial charge in [0.05, 0.1) is 0 Å². The number of carbonyl (C=O) groups excluding carboxylic acids is 1. The summed E-state index contributed by atoms with van der Waals surface area (Å²) in [5, 5.41) is 55.4. The third kappa shape index (κ3) is 51.3. The first-order chi connectivity index (χ1) is 6.04. The van der Waals surface area contributed by atoms with Crippen LogP contribution in [-0.2, 0) is 36.1 Å². The van der Waals surface area contributed by atoms with E-state index < -0.39 is 24.5 Å². The van der Waals surface area contributed by atoms with E-state index in [-0.39, 0.29) is 135 Å². The molecule has 11 nitrogen and oxygen atoms in total. The van der Waals surface area contributed by atoms with Gasteiger partial charge in [-0.15, -0.1) is 0 Å². The van der Waals surface area contributed by atoms with E-state index >= 15 is 0 Å². The van der Waals surface area contributed by atoms with Gasteiger partial charge in [0.25, 0.3) is 0 Å². The minimum absolute atomic E-state index is 0. The van der Waals surface area contributed by atoms with Crippen LogP contribution in [0.2, 0.25) is 0 Å². The maximum absolute atomic E-state index is 9.99. The zero-order chi connectivity index (χ0) is 11.4. The summed E-state index contributed by atoms with van der Waals surface area (Å²) in [6.07, 6.45) is -3.08. The number of carbonyl (C=O) groups is 2. The topological polar surface area (TPSA) is 253 Å². The quantitative estimate of drug-likeness (QED) is 0.266. The summed E-state index contributed by atoms with van der Waals surface area (Å²) in [5.74, 6) is -3.31. The van der Waals surface area contributed by atoms with Gasteiger partial charge in [-0.2, -0.15) is 0 Å². The molecule has 0 radical (unpaired) electrons. The Hall–Kier alpha value is 2.62. The van der Waals surface area contributed by atoms with Gasteiger partial charge in [-0.25, -0.2) is 0 Å². The number of hydrogen-bond acceptors (Lipinski definition) is 8. The molecule has 102 valence electrons. The van der Waals surface area contributed by atoms with E-state index in [0.717, 1.165) is 0 Å². The Kier molecular flexibility index (Phi) is 118. The third-order valence-electron chi connectivity index (χ3n) is 0.623. The Morgan fingerprint density at radius 3 is 1.33 bits per heavy atom. The van der Waals surface area contributed by atoms with Crippen molar-refractivity contribution in [2.24, 2.45) is 0 Å². The SMILES string of the molecule is O.O=C(O)C[C@H]([O-])C(=O)[O-].[K+].[K+].[Mo].[O-2].[O-][O-].[O-][O-]. The smallest absolute Gasteiger partial charge is 1.00 e. The molecule has 0 aromatic heterocycles. The van der Waals surface area contributed by atoms with Crippen molar-refractivity contribution in [3.63, 3.8) is 0 Å². The Balaban J connectivity index is -0.0000000169. The van der Waals surface area contributed by atoms with Gasteiger partial charge in [-0.05, 0) is 0 Å². The van der Waals surface area contributed by atoms with Crippen LogP contribution < -0.4 is 134 Å². The molecule has 0 aliphatic rings. The van der Waals surface area contributed by atoms with E-state index in [1.807, 2.05) is 0 Å². The molecule has 3 N–H and O–H groups in total. The molecule has 14 heteroatoms. The van der Waals surface area contributed by atoms with Crippen LogP contribution in [0.4, 0.5) is 0 Å². The van der Waals surface area contributed by atoms with Gasteiger partial charge in [0, 0.05) is 33.5 Å². The number of carboxylic acid groups (broad SMARTS) is 2. The van der Waals surface area contributed by atoms with Crippen LogP contribution in [0, 0.1) is 0 Å². The van der Waals surface area contributed by atoms with E-state index in [2.05, 4.69) is 0 Å². The molecule has 0 aromatic carbocycles. The largest absolute Gasteiger partial charge is 2.00 e. The molecule has 0 aliphatic carbocycles. The molecule has 0 spiro atoms. The fourth-order valence-corrected chi connectivity index (χ4v) is 0.242. The van der Waals surface area contributed by atoms with Crippen molar-refractivity contribution >= 4 is 11.9 Å². The van der Waals surface area contributed by atoms with Crippen LogP contribution in [0.3, 0.4) is 0 Å². The molecule has 18 heavy (non-hydrogen) atoms. The molecular weight excluding hydrogens is 398 g/mol. The predicted molar refractivity (Wildman–Crippen MR) is 25.3 cm³/mol. The van der Waals surface area contributed by atoms with Crippen molar-refractivity contribution in [1.82, 2.24) is 0 Å². The zero-order valence-corrected chi connectivity index (χ0v) is 17.6. The standard InChI is InChI=1S/C4H5O5.2K.Mo.2O2.H2O.O/c5-2(4(8)9)1-3(6)7;;;;2*1-2;;/h2H,1H2,(H,6,7)(H,8,9);;;;;;1H2;/q-1;2*+1;;2*-2;;-2/p-1/t2-;;;;;;;/m0......./s1. The van der Waals surface area contributed by atoms with Crippen molar-refractivity contribution in [3.05, 3.63) is 0 Å². The number of carboxylic acids is 2. The first-order valence-corrected chi connectivity index (χ1v) is 2.46. The van der Waals surface area contributed by atoms with Crippen molar-refractivity contribution in [3.8, 4) is 0 Å². The van der Waals surface area contributed by atoms with E-state index in [1.54, 1.807) is 0 Å². The average molecular weight is 404 g/mol. The first-order valence-electron chi connectivity index (χ1n) is 2.46. The summed E-state index contributed by atoms with van der Waals surface area (Å²) in [7, 11) is 0. The molecule has 1 atom stereocenters. The molecule has 0 saturated carbocycles. The van der Waals surface area contributed by atoms with Gasteiger partial charge in [0.15, 0.2) is 0 Å². The maximum Gasteiger partial charge on any atom is 1.00 e. The summed E-state index contributed by atoms with van der Waals surface area (Å²) in [4.78, 5) is 19.2. The van der Waals surface area contributed by atoms with E-state index in [0.29, 0.717) is 0 Å². The Bertz CT molecular complexity index is 147. The summed E-state index contributed by atoms with van der Waals surface area (Å²) >= 11 is 0. The van der Waals surface area contributed by atoms with Crippen molar-refractivity contribution in [2.75, 3.05) is 0 Å². The second kappa shape index (κ2) is 42.7. The molecule has 0 aliphatic heterocycles. The monoisotopic (exact) mass is 406 g/mol. The normalized spacial score (nSPS) is 6.94. The van der Waals surface area contributed by atoms with E-state index in [9.17, 15) is 19.8 Å². The number of hydrogen-bond donors (Lipinski definition) is 1. The third-order valence-corrected chi connectivity index (χ3v) is 0.623. The molecular formula is C4H6K2MoO11-6. The molecule has 0 unspecified atom stereocenters. The minimum atomic E-state index is -2.15. The second-order valence-electron chi connectivity index (χ2n) is 1.41. The van der Waals surface area contributed by atoms with Gasteiger partial charge in [-0.3, -0.25) is 4.79 Å². The molecule has 0 bridgehead atoms. The molecule has 0 fully saturated rings. The number of rotatable bonds is 3. The zero-order valence-electron chi connectivity index (χ0n) is 9.31. The molecule has 0 amide bonds. The van der Waals surface area contributed by atoms with Gasteiger partial charge in [-0.1, -0.05) is 6.10 Å². The second-order valence-corrected chi connectivity index (χ2v) is 1.41. The van der Waals surface area contributed by atoms with Crippen LogP contribution in [0.25, 0.3) is 0 Å². The van der Waals surface area contributed by atoms with Crippen LogP contribution in [0.15, 0.2) is 0 Å². The number of aliphatic carboxylic acids is 2. The fourth-order valence-electron chi connectivity index (χ4n) is 0.242. The molecule has 0 saturated heterocycles. The van der Waals surface area contributed by atoms with Gasteiger partial charge < -0.3 is 52.1 Å². The van der Waals surface area contributed by atoms with Crippen LogP contribution in [0.1, 0.15) is 6.42 Å². The summed E-state index contributed by atoms with van der Waals surface area (Å²) in [6.45, 7) is 0. The average Bonchev–Trinajstić information content (AvgIpc) is 2.10. The first kappa shape index (κ1) is 49.8. The van der Waals surface area contributed by atoms with E-state index in [1.165, 1.54) is 0 Å². The summed E-state index contributed by atoms with van der Waals surface area (Å²) in [6, 6.07) is 0. The Morgan fingerprint density at radius 1 is 1.06 bits per heavy atom. The molecule has 0 aromatic rings. The minimum Gasteiger partial charge on any atom is -2.00 e. The molecule has 0 rings (SSSR count). The fraction of sp³-hybridized carbons (Fsp3) is 0.500. The van der Waals surface area contributed by atoms with Crippen molar-refractivity contribution in [2.45, 2.75) is 12.5 Å². The molecule has 0 heterocycles.